The minimum absolute atomic E-state index is 0.143. The Morgan fingerprint density at radius 1 is 1.20 bits per heavy atom. The number of methoxy groups -OCH3 is 1. The minimum atomic E-state index is -0.301. The van der Waals surface area contributed by atoms with Gasteiger partial charge in [-0.15, -0.1) is 13.2 Å². The summed E-state index contributed by atoms with van der Waals surface area (Å²) in [6, 6.07) is 0. The molecule has 0 spiro atoms. The maximum absolute atomic E-state index is 8.55. The first-order chi connectivity index (χ1) is 7.15. The second kappa shape index (κ2) is 13.4. The van der Waals surface area contributed by atoms with E-state index in [9.17, 15) is 0 Å². The summed E-state index contributed by atoms with van der Waals surface area (Å²) in [5, 5.41) is 8.55. The van der Waals surface area contributed by atoms with Crippen LogP contribution in [-0.2, 0) is 9.47 Å². The molecule has 1 N–H and O–H groups in total. The second-order valence-electron chi connectivity index (χ2n) is 2.97. The van der Waals surface area contributed by atoms with E-state index in [0.717, 1.165) is 12.8 Å². The quantitative estimate of drug-likeness (QED) is 0.525. The maximum atomic E-state index is 8.55. The van der Waals surface area contributed by atoms with Gasteiger partial charge in [0.2, 0.25) is 0 Å². The van der Waals surface area contributed by atoms with Gasteiger partial charge in [0.05, 0.1) is 12.2 Å². The van der Waals surface area contributed by atoms with Gasteiger partial charge in [0.1, 0.15) is 6.79 Å². The van der Waals surface area contributed by atoms with Crippen molar-refractivity contribution in [3.8, 4) is 0 Å². The minimum Gasteiger partial charge on any atom is -0.389 e. The van der Waals surface area contributed by atoms with Crippen LogP contribution in [0.5, 0.6) is 0 Å². The van der Waals surface area contributed by atoms with Gasteiger partial charge in [0.25, 0.3) is 0 Å². The van der Waals surface area contributed by atoms with Crippen molar-refractivity contribution >= 4 is 0 Å². The van der Waals surface area contributed by atoms with Crippen LogP contribution < -0.4 is 0 Å². The summed E-state index contributed by atoms with van der Waals surface area (Å²) >= 11 is 0. The molecule has 3 nitrogen and oxygen atoms in total. The van der Waals surface area contributed by atoms with Gasteiger partial charge in [-0.05, 0) is 12.8 Å². The Hall–Kier alpha value is -0.640. The van der Waals surface area contributed by atoms with Crippen LogP contribution in [0.4, 0.5) is 0 Å². The fraction of sp³-hybridized carbons (Fsp3) is 0.667. The number of rotatable bonds is 7. The largest absolute Gasteiger partial charge is 0.389 e. The third-order valence-electron chi connectivity index (χ3n) is 1.76. The highest BCUT2D eigenvalue weighted by Gasteiger charge is 1.97. The molecule has 0 saturated carbocycles. The average Bonchev–Trinajstić information content (AvgIpc) is 2.30. The van der Waals surface area contributed by atoms with Crippen LogP contribution in [-0.4, -0.2) is 31.2 Å². The molecule has 0 radical (unpaired) electrons. The van der Waals surface area contributed by atoms with Gasteiger partial charge in [-0.1, -0.05) is 26.0 Å². The molecule has 0 bridgehead atoms. The molecule has 0 fully saturated rings. The van der Waals surface area contributed by atoms with Crippen LogP contribution in [0.15, 0.2) is 25.3 Å². The standard InChI is InChI=1S/C7H14O2.C5H10O/c1-4-7(5-2)9-6-8-3;1-3-5(6)4-2/h4,7H,1,5-6H2,2-3H3;3,5-6H,1,4H2,2H3. The average molecular weight is 216 g/mol. The van der Waals surface area contributed by atoms with Crippen molar-refractivity contribution in [2.45, 2.75) is 38.9 Å². The lowest BCUT2D eigenvalue weighted by Gasteiger charge is -2.08. The van der Waals surface area contributed by atoms with E-state index >= 15 is 0 Å². The summed E-state index contributed by atoms with van der Waals surface area (Å²) in [4.78, 5) is 0. The van der Waals surface area contributed by atoms with Crippen LogP contribution in [0.1, 0.15) is 26.7 Å². The summed E-state index contributed by atoms with van der Waals surface area (Å²) in [6.45, 7) is 11.3. The molecule has 0 rings (SSSR count). The van der Waals surface area contributed by atoms with E-state index in [1.807, 2.05) is 13.8 Å². The molecular weight excluding hydrogens is 192 g/mol. The lowest BCUT2D eigenvalue weighted by atomic mass is 10.3. The molecule has 0 aromatic carbocycles. The van der Waals surface area contributed by atoms with Crippen molar-refractivity contribution in [1.82, 2.24) is 0 Å². The van der Waals surface area contributed by atoms with Crippen LogP contribution >= 0.6 is 0 Å². The number of hydrogen-bond donors (Lipinski definition) is 1. The topological polar surface area (TPSA) is 38.7 Å². The molecule has 0 aliphatic rings. The smallest absolute Gasteiger partial charge is 0.147 e. The summed E-state index contributed by atoms with van der Waals surface area (Å²) < 4.78 is 9.86. The zero-order valence-electron chi connectivity index (χ0n) is 10.1. The molecule has 0 aromatic heterocycles. The molecule has 0 aromatic rings. The maximum Gasteiger partial charge on any atom is 0.147 e. The lowest BCUT2D eigenvalue weighted by Crippen LogP contribution is -2.09. The Morgan fingerprint density at radius 3 is 2.00 bits per heavy atom. The molecule has 0 saturated heterocycles. The second-order valence-corrected chi connectivity index (χ2v) is 2.97. The van der Waals surface area contributed by atoms with Crippen molar-refractivity contribution in [3.05, 3.63) is 25.3 Å². The van der Waals surface area contributed by atoms with E-state index in [1.54, 1.807) is 13.2 Å². The van der Waals surface area contributed by atoms with Crippen molar-refractivity contribution in [2.75, 3.05) is 13.9 Å². The monoisotopic (exact) mass is 216 g/mol. The molecule has 2 unspecified atom stereocenters. The van der Waals surface area contributed by atoms with Gasteiger partial charge in [-0.25, -0.2) is 0 Å². The highest BCUT2D eigenvalue weighted by molar-refractivity contribution is 4.77. The first-order valence-corrected chi connectivity index (χ1v) is 5.19. The van der Waals surface area contributed by atoms with E-state index < -0.39 is 0 Å². The summed E-state index contributed by atoms with van der Waals surface area (Å²) in [6.07, 6.45) is 4.87. The van der Waals surface area contributed by atoms with Gasteiger partial charge in [0, 0.05) is 7.11 Å². The molecular formula is C12H24O3. The molecule has 3 heteroatoms. The van der Waals surface area contributed by atoms with Crippen molar-refractivity contribution in [2.24, 2.45) is 0 Å². The highest BCUT2D eigenvalue weighted by Crippen LogP contribution is 1.97. The summed E-state index contributed by atoms with van der Waals surface area (Å²) in [5.41, 5.74) is 0. The van der Waals surface area contributed by atoms with Crippen molar-refractivity contribution in [3.63, 3.8) is 0 Å². The molecule has 0 heterocycles. The Labute approximate surface area is 93.4 Å². The summed E-state index contributed by atoms with van der Waals surface area (Å²) in [7, 11) is 1.61. The Balaban J connectivity index is 0. The van der Waals surface area contributed by atoms with Gasteiger partial charge in [0.15, 0.2) is 0 Å². The van der Waals surface area contributed by atoms with Crippen LogP contribution in [0.2, 0.25) is 0 Å². The number of hydrogen-bond acceptors (Lipinski definition) is 3. The van der Waals surface area contributed by atoms with Gasteiger partial charge in [-0.2, -0.15) is 0 Å². The predicted octanol–water partition coefficient (Wildman–Crippen LogP) is 2.51. The van der Waals surface area contributed by atoms with E-state index in [0.29, 0.717) is 6.79 Å². The third-order valence-corrected chi connectivity index (χ3v) is 1.76. The Morgan fingerprint density at radius 2 is 1.80 bits per heavy atom. The zero-order chi connectivity index (χ0) is 12.1. The Bertz CT molecular complexity index is 146. The zero-order valence-corrected chi connectivity index (χ0v) is 10.1. The van der Waals surface area contributed by atoms with Crippen LogP contribution in [0, 0.1) is 0 Å². The van der Waals surface area contributed by atoms with Crippen molar-refractivity contribution < 1.29 is 14.6 Å². The van der Waals surface area contributed by atoms with Crippen LogP contribution in [0.25, 0.3) is 0 Å². The molecule has 0 aliphatic carbocycles. The normalized spacial score (nSPS) is 13.3. The Kier molecular flexibility index (Phi) is 14.9. The SMILES string of the molecule is C=CC(CC)OCOC.C=CC(O)CC. The van der Waals surface area contributed by atoms with E-state index in [4.69, 9.17) is 14.6 Å². The number of aliphatic hydroxyl groups excluding tert-OH is 1. The molecule has 0 amide bonds. The van der Waals surface area contributed by atoms with Gasteiger partial charge < -0.3 is 14.6 Å². The van der Waals surface area contributed by atoms with E-state index in [2.05, 4.69) is 13.2 Å². The third kappa shape index (κ3) is 13.4. The first-order valence-electron chi connectivity index (χ1n) is 5.19. The molecule has 0 aliphatic heterocycles. The van der Waals surface area contributed by atoms with E-state index in [1.165, 1.54) is 6.08 Å². The summed E-state index contributed by atoms with van der Waals surface area (Å²) in [5.74, 6) is 0. The number of ether oxygens (including phenoxy) is 2. The highest BCUT2D eigenvalue weighted by atomic mass is 16.7. The molecule has 2 atom stereocenters. The first kappa shape index (κ1) is 16.8. The predicted molar refractivity (Wildman–Crippen MR) is 63.7 cm³/mol. The van der Waals surface area contributed by atoms with Gasteiger partial charge in [-0.3, -0.25) is 0 Å². The number of aliphatic hydroxyl groups is 1. The van der Waals surface area contributed by atoms with Gasteiger partial charge >= 0.3 is 0 Å². The molecule has 15 heavy (non-hydrogen) atoms. The molecule has 90 valence electrons. The van der Waals surface area contributed by atoms with Crippen LogP contribution in [0.3, 0.4) is 0 Å². The fourth-order valence-corrected chi connectivity index (χ4v) is 0.675. The van der Waals surface area contributed by atoms with E-state index in [-0.39, 0.29) is 12.2 Å². The lowest BCUT2D eigenvalue weighted by molar-refractivity contribution is -0.0559. The fourth-order valence-electron chi connectivity index (χ4n) is 0.675. The van der Waals surface area contributed by atoms with Crippen molar-refractivity contribution in [1.29, 1.82) is 0 Å².